The van der Waals surface area contributed by atoms with E-state index in [9.17, 15) is 8.78 Å². The quantitative estimate of drug-likeness (QED) is 0.904. The van der Waals surface area contributed by atoms with E-state index in [4.69, 9.17) is 0 Å². The summed E-state index contributed by atoms with van der Waals surface area (Å²) in [5, 5.41) is 3.35. The van der Waals surface area contributed by atoms with E-state index in [1.807, 2.05) is 6.92 Å². The van der Waals surface area contributed by atoms with E-state index in [0.717, 1.165) is 39.3 Å². The fraction of sp³-hybridized carbons (Fsp3) is 0.600. The van der Waals surface area contributed by atoms with Gasteiger partial charge in [0.15, 0.2) is 11.6 Å². The van der Waals surface area contributed by atoms with Gasteiger partial charge in [-0.25, -0.2) is 8.78 Å². The molecule has 0 aromatic heterocycles. The third-order valence-electron chi connectivity index (χ3n) is 4.45. The number of hydrogen-bond acceptors (Lipinski definition) is 3. The van der Waals surface area contributed by atoms with Crippen LogP contribution in [0.3, 0.4) is 0 Å². The van der Waals surface area contributed by atoms with Crippen LogP contribution in [0.5, 0.6) is 0 Å². The molecule has 0 saturated carbocycles. The molecule has 0 amide bonds. The highest BCUT2D eigenvalue weighted by molar-refractivity contribution is 5.25. The first kappa shape index (κ1) is 13.9. The number of halogens is 2. The average molecular weight is 281 g/mol. The summed E-state index contributed by atoms with van der Waals surface area (Å²) in [7, 11) is 0. The topological polar surface area (TPSA) is 18.5 Å². The molecule has 1 aromatic rings. The Morgan fingerprint density at radius 3 is 2.60 bits per heavy atom. The van der Waals surface area contributed by atoms with E-state index in [2.05, 4.69) is 15.1 Å². The van der Waals surface area contributed by atoms with E-state index in [1.165, 1.54) is 6.07 Å². The molecule has 20 heavy (non-hydrogen) atoms. The molecule has 2 atom stereocenters. The van der Waals surface area contributed by atoms with E-state index < -0.39 is 11.6 Å². The molecule has 110 valence electrons. The predicted molar refractivity (Wildman–Crippen MR) is 74.6 cm³/mol. The SMILES string of the molecule is CCNC(c1cccc(F)c1F)C1CN2CCN1CC2. The summed E-state index contributed by atoms with van der Waals surface area (Å²) >= 11 is 0. The van der Waals surface area contributed by atoms with Crippen LogP contribution < -0.4 is 5.32 Å². The molecule has 3 saturated heterocycles. The Hall–Kier alpha value is -1.04. The van der Waals surface area contributed by atoms with Crippen molar-refractivity contribution in [2.45, 2.75) is 19.0 Å². The molecule has 2 bridgehead atoms. The summed E-state index contributed by atoms with van der Waals surface area (Å²) in [5.41, 5.74) is 0.450. The van der Waals surface area contributed by atoms with Gasteiger partial charge in [0.05, 0.1) is 6.04 Å². The summed E-state index contributed by atoms with van der Waals surface area (Å²) in [4.78, 5) is 4.81. The van der Waals surface area contributed by atoms with E-state index in [-0.39, 0.29) is 12.1 Å². The molecule has 3 nitrogen and oxygen atoms in total. The Kier molecular flexibility index (Phi) is 4.01. The number of benzene rings is 1. The lowest BCUT2D eigenvalue weighted by molar-refractivity contribution is -0.00401. The van der Waals surface area contributed by atoms with Crippen LogP contribution in [0, 0.1) is 11.6 Å². The van der Waals surface area contributed by atoms with Crippen molar-refractivity contribution in [3.63, 3.8) is 0 Å². The van der Waals surface area contributed by atoms with Gasteiger partial charge in [0, 0.05) is 44.3 Å². The number of nitrogens with one attached hydrogen (secondary N) is 1. The Labute approximate surface area is 118 Å². The van der Waals surface area contributed by atoms with Crippen molar-refractivity contribution in [3.05, 3.63) is 35.4 Å². The van der Waals surface area contributed by atoms with Gasteiger partial charge in [0.1, 0.15) is 0 Å². The fourth-order valence-electron chi connectivity index (χ4n) is 3.41. The lowest BCUT2D eigenvalue weighted by Gasteiger charge is -2.50. The molecule has 1 N–H and O–H groups in total. The van der Waals surface area contributed by atoms with E-state index in [1.54, 1.807) is 12.1 Å². The zero-order chi connectivity index (χ0) is 14.1. The van der Waals surface area contributed by atoms with Gasteiger partial charge in [0.2, 0.25) is 0 Å². The fourth-order valence-corrected chi connectivity index (χ4v) is 3.41. The smallest absolute Gasteiger partial charge is 0.163 e. The van der Waals surface area contributed by atoms with Crippen LogP contribution in [0.15, 0.2) is 18.2 Å². The molecule has 5 heteroatoms. The summed E-state index contributed by atoms with van der Waals surface area (Å²) < 4.78 is 27.6. The number of hydrogen-bond donors (Lipinski definition) is 1. The molecular formula is C15H21F2N3. The largest absolute Gasteiger partial charge is 0.309 e. The minimum atomic E-state index is -0.762. The summed E-state index contributed by atoms with van der Waals surface area (Å²) in [6, 6.07) is 4.53. The molecule has 1 aromatic carbocycles. The monoisotopic (exact) mass is 281 g/mol. The number of likely N-dealkylation sites (N-methyl/N-ethyl adjacent to an activating group) is 1. The highest BCUT2D eigenvalue weighted by atomic mass is 19.2. The van der Waals surface area contributed by atoms with Crippen LogP contribution >= 0.6 is 0 Å². The van der Waals surface area contributed by atoms with Gasteiger partial charge in [-0.15, -0.1) is 0 Å². The van der Waals surface area contributed by atoms with Crippen molar-refractivity contribution in [2.75, 3.05) is 39.3 Å². The van der Waals surface area contributed by atoms with Crippen molar-refractivity contribution >= 4 is 0 Å². The molecule has 4 rings (SSSR count). The zero-order valence-corrected chi connectivity index (χ0v) is 11.8. The molecule has 3 fully saturated rings. The standard InChI is InChI=1S/C15H21F2N3/c1-2-18-15(11-4-3-5-12(16)14(11)17)13-10-19-6-8-20(13)9-7-19/h3-5,13,15,18H,2,6-10H2,1H3. The first-order valence-corrected chi connectivity index (χ1v) is 7.34. The Morgan fingerprint density at radius 1 is 1.25 bits per heavy atom. The maximum Gasteiger partial charge on any atom is 0.163 e. The number of fused-ring (bicyclic) bond motifs is 3. The van der Waals surface area contributed by atoms with Crippen molar-refractivity contribution in [1.29, 1.82) is 0 Å². The molecule has 0 spiro atoms. The Morgan fingerprint density at radius 2 is 2.00 bits per heavy atom. The van der Waals surface area contributed by atoms with Crippen LogP contribution in [0.2, 0.25) is 0 Å². The number of rotatable bonds is 4. The molecule has 3 aliphatic rings. The molecule has 0 aliphatic carbocycles. The minimum absolute atomic E-state index is 0.154. The molecule has 2 unspecified atom stereocenters. The van der Waals surface area contributed by atoms with E-state index >= 15 is 0 Å². The highest BCUT2D eigenvalue weighted by Crippen LogP contribution is 2.29. The second kappa shape index (κ2) is 5.76. The van der Waals surface area contributed by atoms with Crippen LogP contribution in [-0.2, 0) is 0 Å². The molecule has 3 heterocycles. The van der Waals surface area contributed by atoms with Crippen LogP contribution in [-0.4, -0.2) is 55.1 Å². The summed E-state index contributed by atoms with van der Waals surface area (Å²) in [5.74, 6) is -1.47. The lowest BCUT2D eigenvalue weighted by Crippen LogP contribution is -2.64. The zero-order valence-electron chi connectivity index (χ0n) is 11.8. The minimum Gasteiger partial charge on any atom is -0.309 e. The predicted octanol–water partition coefficient (Wildman–Crippen LogP) is 1.62. The maximum atomic E-state index is 14.1. The third kappa shape index (κ3) is 2.45. The Balaban J connectivity index is 1.90. The second-order valence-corrected chi connectivity index (χ2v) is 5.58. The van der Waals surface area contributed by atoms with Gasteiger partial charge in [-0.2, -0.15) is 0 Å². The molecular weight excluding hydrogens is 260 g/mol. The summed E-state index contributed by atoms with van der Waals surface area (Å²) in [6.45, 7) is 7.87. The van der Waals surface area contributed by atoms with Crippen molar-refractivity contribution < 1.29 is 8.78 Å². The van der Waals surface area contributed by atoms with Gasteiger partial charge in [0.25, 0.3) is 0 Å². The van der Waals surface area contributed by atoms with Crippen LogP contribution in [0.1, 0.15) is 18.5 Å². The maximum absolute atomic E-state index is 14.1. The average Bonchev–Trinajstić information content (AvgIpc) is 2.49. The van der Waals surface area contributed by atoms with Gasteiger partial charge in [-0.1, -0.05) is 19.1 Å². The van der Waals surface area contributed by atoms with Gasteiger partial charge >= 0.3 is 0 Å². The second-order valence-electron chi connectivity index (χ2n) is 5.58. The highest BCUT2D eigenvalue weighted by Gasteiger charge is 2.38. The van der Waals surface area contributed by atoms with Gasteiger partial charge < -0.3 is 5.32 Å². The van der Waals surface area contributed by atoms with Crippen LogP contribution in [0.4, 0.5) is 8.78 Å². The van der Waals surface area contributed by atoms with Gasteiger partial charge in [-0.3, -0.25) is 9.80 Å². The number of nitrogens with zero attached hydrogens (tertiary/aromatic N) is 2. The first-order valence-electron chi connectivity index (χ1n) is 7.34. The number of piperazine rings is 3. The van der Waals surface area contributed by atoms with E-state index in [0.29, 0.717) is 5.56 Å². The Bertz CT molecular complexity index is 472. The van der Waals surface area contributed by atoms with Crippen molar-refractivity contribution in [3.8, 4) is 0 Å². The molecule has 0 radical (unpaired) electrons. The van der Waals surface area contributed by atoms with Crippen molar-refractivity contribution in [2.24, 2.45) is 0 Å². The van der Waals surface area contributed by atoms with Gasteiger partial charge in [-0.05, 0) is 12.6 Å². The summed E-state index contributed by atoms with van der Waals surface area (Å²) in [6.07, 6.45) is 0. The first-order chi connectivity index (χ1) is 9.70. The van der Waals surface area contributed by atoms with Crippen molar-refractivity contribution in [1.82, 2.24) is 15.1 Å². The third-order valence-corrected chi connectivity index (χ3v) is 4.45. The molecule has 3 aliphatic heterocycles. The van der Waals surface area contributed by atoms with Crippen LogP contribution in [0.25, 0.3) is 0 Å². The normalized spacial score (nSPS) is 30.4. The lowest BCUT2D eigenvalue weighted by atomic mass is 9.93.